The van der Waals surface area contributed by atoms with E-state index in [1.54, 1.807) is 0 Å². The number of hydrogen-bond acceptors (Lipinski definition) is 7. The molecule has 0 heterocycles. The standard InChI is InChI=1S/C40H70NO8P/c1-3-5-7-9-11-13-15-17-19-21-23-25-27-29-31-33-40(44)47-36-38(42)37-49-50(45,46)48-35-34-41-39(43)32-30-28-26-24-22-20-18-16-14-12-10-8-6-4-2/h5,7,10-13,16-19,38,42H,3-4,6,8-9,14-15,20-37H2,1-2H3,(H,41,43)(H,45,46)/b7-5-,12-10-,13-11-,18-16-,19-17-. The van der Waals surface area contributed by atoms with Gasteiger partial charge in [-0.05, 0) is 70.6 Å². The zero-order chi connectivity index (χ0) is 36.8. The Balaban J connectivity index is 3.68. The van der Waals surface area contributed by atoms with Crippen LogP contribution in [0.3, 0.4) is 0 Å². The van der Waals surface area contributed by atoms with Gasteiger partial charge in [0.15, 0.2) is 0 Å². The van der Waals surface area contributed by atoms with Gasteiger partial charge in [0, 0.05) is 19.4 Å². The summed E-state index contributed by atoms with van der Waals surface area (Å²) in [5.41, 5.74) is 0. The third-order valence-corrected chi connectivity index (χ3v) is 8.67. The van der Waals surface area contributed by atoms with Crippen molar-refractivity contribution >= 4 is 19.7 Å². The molecule has 0 saturated carbocycles. The van der Waals surface area contributed by atoms with Crippen molar-refractivity contribution in [3.05, 3.63) is 60.8 Å². The van der Waals surface area contributed by atoms with Gasteiger partial charge >= 0.3 is 13.8 Å². The highest BCUT2D eigenvalue weighted by molar-refractivity contribution is 7.47. The van der Waals surface area contributed by atoms with Crippen molar-refractivity contribution in [3.63, 3.8) is 0 Å². The minimum atomic E-state index is -4.42. The molecule has 3 N–H and O–H groups in total. The van der Waals surface area contributed by atoms with Gasteiger partial charge in [0.05, 0.1) is 13.2 Å². The molecule has 10 heteroatoms. The number of ether oxygens (including phenoxy) is 1. The molecule has 0 fully saturated rings. The number of rotatable bonds is 35. The van der Waals surface area contributed by atoms with Crippen molar-refractivity contribution in [2.45, 2.75) is 155 Å². The van der Waals surface area contributed by atoms with Crippen LogP contribution in [0.2, 0.25) is 0 Å². The largest absolute Gasteiger partial charge is 0.472 e. The fourth-order valence-corrected chi connectivity index (χ4v) is 5.52. The molecule has 50 heavy (non-hydrogen) atoms. The lowest BCUT2D eigenvalue weighted by atomic mass is 10.1. The summed E-state index contributed by atoms with van der Waals surface area (Å²) in [5, 5.41) is 12.6. The summed E-state index contributed by atoms with van der Waals surface area (Å²) in [6, 6.07) is 0. The Morgan fingerprint density at radius 2 is 1.14 bits per heavy atom. The van der Waals surface area contributed by atoms with Crippen LogP contribution in [0.15, 0.2) is 60.8 Å². The predicted octanol–water partition coefficient (Wildman–Crippen LogP) is 10.2. The summed E-state index contributed by atoms with van der Waals surface area (Å²) in [7, 11) is -4.42. The van der Waals surface area contributed by atoms with Gasteiger partial charge in [0.25, 0.3) is 0 Å². The molecule has 0 aromatic rings. The minimum Gasteiger partial charge on any atom is -0.463 e. The summed E-state index contributed by atoms with van der Waals surface area (Å²) < 4.78 is 26.8. The molecule has 0 spiro atoms. The van der Waals surface area contributed by atoms with Crippen molar-refractivity contribution in [1.29, 1.82) is 0 Å². The van der Waals surface area contributed by atoms with Gasteiger partial charge in [-0.25, -0.2) is 4.57 Å². The van der Waals surface area contributed by atoms with E-state index in [9.17, 15) is 24.2 Å². The second-order valence-electron chi connectivity index (χ2n) is 12.5. The van der Waals surface area contributed by atoms with Crippen molar-refractivity contribution in [1.82, 2.24) is 5.32 Å². The van der Waals surface area contributed by atoms with Gasteiger partial charge in [0.2, 0.25) is 5.91 Å². The Kier molecular flexibility index (Phi) is 34.8. The molecule has 2 unspecified atom stereocenters. The number of allylic oxidation sites excluding steroid dienone is 10. The zero-order valence-corrected chi connectivity index (χ0v) is 32.2. The molecule has 0 bridgehead atoms. The van der Waals surface area contributed by atoms with Gasteiger partial charge in [0.1, 0.15) is 12.7 Å². The number of hydrogen-bond donors (Lipinski definition) is 3. The van der Waals surface area contributed by atoms with Crippen LogP contribution in [-0.4, -0.2) is 54.3 Å². The second kappa shape index (κ2) is 36.5. The van der Waals surface area contributed by atoms with E-state index in [-0.39, 0.29) is 32.1 Å². The SMILES string of the molecule is CC/C=C\C/C=C\C/C=C\CCCCCCCC(=O)OCC(O)COP(=O)(O)OCCNC(=O)CCCCCCC/C=C\C/C=C\CCCC. The molecule has 9 nitrogen and oxygen atoms in total. The van der Waals surface area contributed by atoms with Gasteiger partial charge in [-0.3, -0.25) is 18.6 Å². The average molecular weight is 724 g/mol. The number of phosphoric acid groups is 1. The van der Waals surface area contributed by atoms with Crippen molar-refractivity contribution in [2.75, 3.05) is 26.4 Å². The van der Waals surface area contributed by atoms with E-state index in [1.165, 1.54) is 19.3 Å². The average Bonchev–Trinajstić information content (AvgIpc) is 3.10. The molecule has 0 aliphatic carbocycles. The van der Waals surface area contributed by atoms with Crippen LogP contribution in [0.4, 0.5) is 0 Å². The maximum atomic E-state index is 12.1. The highest BCUT2D eigenvalue weighted by Gasteiger charge is 2.23. The Hall–Kier alpha value is -2.29. The molecule has 0 aliphatic heterocycles. The molecular formula is C40H70NO8P. The molecule has 288 valence electrons. The number of aliphatic hydroxyl groups is 1. The summed E-state index contributed by atoms with van der Waals surface area (Å²) in [6.45, 7) is 3.34. The topological polar surface area (TPSA) is 131 Å². The Labute approximate surface area is 304 Å². The number of nitrogens with one attached hydrogen (secondary N) is 1. The predicted molar refractivity (Wildman–Crippen MR) is 206 cm³/mol. The van der Waals surface area contributed by atoms with Gasteiger partial charge in [-0.1, -0.05) is 126 Å². The molecule has 0 rings (SSSR count). The second-order valence-corrected chi connectivity index (χ2v) is 14.0. The Bertz CT molecular complexity index is 1010. The summed E-state index contributed by atoms with van der Waals surface area (Å²) in [5.74, 6) is -0.554. The lowest BCUT2D eigenvalue weighted by Gasteiger charge is -2.15. The zero-order valence-electron chi connectivity index (χ0n) is 31.3. The van der Waals surface area contributed by atoms with Crippen LogP contribution >= 0.6 is 7.82 Å². The first-order valence-electron chi connectivity index (χ1n) is 19.3. The molecular weight excluding hydrogens is 653 g/mol. The van der Waals surface area contributed by atoms with Crippen LogP contribution in [0.1, 0.15) is 149 Å². The summed E-state index contributed by atoms with van der Waals surface area (Å²) >= 11 is 0. The van der Waals surface area contributed by atoms with Crippen LogP contribution < -0.4 is 5.32 Å². The number of carbonyl (C=O) groups is 2. The van der Waals surface area contributed by atoms with Crippen LogP contribution in [0.5, 0.6) is 0 Å². The molecule has 1 amide bonds. The smallest absolute Gasteiger partial charge is 0.463 e. The van der Waals surface area contributed by atoms with Crippen molar-refractivity contribution in [3.8, 4) is 0 Å². The lowest BCUT2D eigenvalue weighted by molar-refractivity contribution is -0.147. The molecule has 0 radical (unpaired) electrons. The summed E-state index contributed by atoms with van der Waals surface area (Å²) in [4.78, 5) is 33.8. The number of amides is 1. The van der Waals surface area contributed by atoms with Crippen LogP contribution in [0, 0.1) is 0 Å². The Morgan fingerprint density at radius 1 is 0.640 bits per heavy atom. The van der Waals surface area contributed by atoms with E-state index < -0.39 is 26.5 Å². The molecule has 0 aromatic carbocycles. The number of carbonyl (C=O) groups excluding carboxylic acids is 2. The molecule has 2 atom stereocenters. The first kappa shape index (κ1) is 47.7. The maximum Gasteiger partial charge on any atom is 0.472 e. The van der Waals surface area contributed by atoms with Crippen LogP contribution in [0.25, 0.3) is 0 Å². The lowest BCUT2D eigenvalue weighted by Crippen LogP contribution is -2.27. The van der Waals surface area contributed by atoms with Crippen molar-refractivity contribution in [2.24, 2.45) is 0 Å². The maximum absolute atomic E-state index is 12.1. The normalized spacial score (nSPS) is 14.1. The monoisotopic (exact) mass is 723 g/mol. The van der Waals surface area contributed by atoms with E-state index in [0.717, 1.165) is 96.3 Å². The van der Waals surface area contributed by atoms with Crippen molar-refractivity contribution < 1.29 is 37.9 Å². The third-order valence-electron chi connectivity index (χ3n) is 7.68. The fourth-order valence-electron chi connectivity index (χ4n) is 4.76. The highest BCUT2D eigenvalue weighted by Crippen LogP contribution is 2.42. The van der Waals surface area contributed by atoms with E-state index in [0.29, 0.717) is 12.8 Å². The summed E-state index contributed by atoms with van der Waals surface area (Å²) in [6.07, 6.45) is 41.4. The first-order valence-corrected chi connectivity index (χ1v) is 20.8. The fraction of sp³-hybridized carbons (Fsp3) is 0.700. The quantitative estimate of drug-likeness (QED) is 0.0255. The number of phosphoric ester groups is 1. The van der Waals surface area contributed by atoms with E-state index in [1.807, 2.05) is 0 Å². The third kappa shape index (κ3) is 37.0. The molecule has 0 aliphatic rings. The first-order chi connectivity index (χ1) is 24.3. The molecule has 0 saturated heterocycles. The van der Waals surface area contributed by atoms with E-state index in [4.69, 9.17) is 13.8 Å². The van der Waals surface area contributed by atoms with E-state index >= 15 is 0 Å². The van der Waals surface area contributed by atoms with Crippen LogP contribution in [-0.2, 0) is 27.9 Å². The highest BCUT2D eigenvalue weighted by atomic mass is 31.2. The van der Waals surface area contributed by atoms with Gasteiger partial charge < -0.3 is 20.1 Å². The van der Waals surface area contributed by atoms with Gasteiger partial charge in [-0.2, -0.15) is 0 Å². The number of aliphatic hydroxyl groups excluding tert-OH is 1. The molecule has 0 aromatic heterocycles. The Morgan fingerprint density at radius 3 is 1.72 bits per heavy atom. The number of esters is 1. The van der Waals surface area contributed by atoms with E-state index in [2.05, 4.69) is 79.9 Å². The minimum absolute atomic E-state index is 0.0690. The van der Waals surface area contributed by atoms with Gasteiger partial charge in [-0.15, -0.1) is 0 Å². The number of unbranched alkanes of at least 4 members (excludes halogenated alkanes) is 12.